The van der Waals surface area contributed by atoms with E-state index in [-0.39, 0.29) is 17.3 Å². The molecule has 1 aromatic rings. The van der Waals surface area contributed by atoms with Crippen LogP contribution in [0.15, 0.2) is 29.2 Å². The van der Waals surface area contributed by atoms with E-state index in [0.29, 0.717) is 12.1 Å². The highest BCUT2D eigenvalue weighted by Crippen LogP contribution is 2.10. The smallest absolute Gasteiger partial charge is 0.251 e. The lowest BCUT2D eigenvalue weighted by molar-refractivity contribution is 0.0924. The van der Waals surface area contributed by atoms with E-state index >= 15 is 0 Å². The monoisotopic (exact) mass is 286 g/mol. The molecule has 0 saturated carbocycles. The van der Waals surface area contributed by atoms with E-state index in [2.05, 4.69) is 10.0 Å². The molecule has 7 heteroatoms. The molecular weight excluding hydrogens is 268 g/mol. The first-order valence-corrected chi connectivity index (χ1v) is 7.41. The summed E-state index contributed by atoms with van der Waals surface area (Å²) < 4.78 is 25.7. The first kappa shape index (κ1) is 15.6. The van der Waals surface area contributed by atoms with Crippen LogP contribution in [-0.2, 0) is 10.0 Å². The summed E-state index contributed by atoms with van der Waals surface area (Å²) in [6, 6.07) is 5.60. The zero-order valence-electron chi connectivity index (χ0n) is 10.9. The number of rotatable bonds is 6. The molecule has 1 unspecified atom stereocenters. The van der Waals surface area contributed by atoms with Crippen molar-refractivity contribution in [3.8, 4) is 0 Å². The highest BCUT2D eigenvalue weighted by atomic mass is 32.2. The fraction of sp³-hybridized carbons (Fsp3) is 0.417. The van der Waals surface area contributed by atoms with Gasteiger partial charge in [0.15, 0.2) is 0 Å². The van der Waals surface area contributed by atoms with Crippen LogP contribution in [0.2, 0.25) is 0 Å². The Labute approximate surface area is 112 Å². The molecule has 0 aliphatic heterocycles. The SMILES string of the molecule is CCNS(=O)(=O)c1ccc(C(=O)NCC(C)O)cc1. The molecule has 0 spiro atoms. The van der Waals surface area contributed by atoms with Crippen molar-refractivity contribution in [3.05, 3.63) is 29.8 Å². The lowest BCUT2D eigenvalue weighted by Gasteiger charge is -2.08. The van der Waals surface area contributed by atoms with Crippen molar-refractivity contribution >= 4 is 15.9 Å². The topological polar surface area (TPSA) is 95.5 Å². The number of hydrogen-bond acceptors (Lipinski definition) is 4. The minimum Gasteiger partial charge on any atom is -0.392 e. The second kappa shape index (κ2) is 6.65. The van der Waals surface area contributed by atoms with Gasteiger partial charge in [-0.15, -0.1) is 0 Å². The van der Waals surface area contributed by atoms with Crippen molar-refractivity contribution in [2.45, 2.75) is 24.8 Å². The van der Waals surface area contributed by atoms with E-state index in [1.165, 1.54) is 24.3 Å². The van der Waals surface area contributed by atoms with Crippen LogP contribution in [0.4, 0.5) is 0 Å². The van der Waals surface area contributed by atoms with E-state index in [1.807, 2.05) is 0 Å². The number of hydrogen-bond donors (Lipinski definition) is 3. The van der Waals surface area contributed by atoms with Gasteiger partial charge in [0.25, 0.3) is 5.91 Å². The third-order valence-corrected chi connectivity index (χ3v) is 3.88. The van der Waals surface area contributed by atoms with E-state index < -0.39 is 16.1 Å². The minimum absolute atomic E-state index is 0.112. The van der Waals surface area contributed by atoms with Gasteiger partial charge in [0.05, 0.1) is 11.0 Å². The van der Waals surface area contributed by atoms with Crippen LogP contribution in [0, 0.1) is 0 Å². The predicted molar refractivity (Wildman–Crippen MR) is 71.3 cm³/mol. The first-order chi connectivity index (χ1) is 8.86. The van der Waals surface area contributed by atoms with Gasteiger partial charge in [-0.1, -0.05) is 6.92 Å². The molecule has 19 heavy (non-hydrogen) atoms. The summed E-state index contributed by atoms with van der Waals surface area (Å²) in [5, 5.41) is 11.6. The Balaban J connectivity index is 2.79. The lowest BCUT2D eigenvalue weighted by Crippen LogP contribution is -2.30. The number of nitrogens with one attached hydrogen (secondary N) is 2. The third-order valence-electron chi connectivity index (χ3n) is 2.32. The van der Waals surface area contributed by atoms with Gasteiger partial charge in [-0.25, -0.2) is 13.1 Å². The molecule has 106 valence electrons. The molecule has 0 bridgehead atoms. The zero-order valence-corrected chi connectivity index (χ0v) is 11.7. The molecule has 0 radical (unpaired) electrons. The second-order valence-electron chi connectivity index (χ2n) is 4.08. The fourth-order valence-electron chi connectivity index (χ4n) is 1.40. The summed E-state index contributed by atoms with van der Waals surface area (Å²) in [7, 11) is -3.50. The van der Waals surface area contributed by atoms with Gasteiger partial charge in [-0.2, -0.15) is 0 Å². The van der Waals surface area contributed by atoms with Gasteiger partial charge in [0, 0.05) is 18.7 Å². The minimum atomic E-state index is -3.50. The molecule has 0 fully saturated rings. The number of carbonyl (C=O) groups excluding carboxylic acids is 1. The van der Waals surface area contributed by atoms with Crippen molar-refractivity contribution in [1.29, 1.82) is 0 Å². The average Bonchev–Trinajstić information content (AvgIpc) is 2.36. The molecule has 1 rings (SSSR count). The Morgan fingerprint density at radius 1 is 1.32 bits per heavy atom. The maximum Gasteiger partial charge on any atom is 0.251 e. The zero-order chi connectivity index (χ0) is 14.5. The van der Waals surface area contributed by atoms with Crippen LogP contribution in [0.3, 0.4) is 0 Å². The van der Waals surface area contributed by atoms with Gasteiger partial charge >= 0.3 is 0 Å². The van der Waals surface area contributed by atoms with Crippen molar-refractivity contribution < 1.29 is 18.3 Å². The Morgan fingerprint density at radius 2 is 1.89 bits per heavy atom. The van der Waals surface area contributed by atoms with Crippen LogP contribution in [0.5, 0.6) is 0 Å². The summed E-state index contributed by atoms with van der Waals surface area (Å²) in [5.41, 5.74) is 0.344. The number of carbonyl (C=O) groups is 1. The Bertz CT molecular complexity index is 523. The predicted octanol–water partition coefficient (Wildman–Crippen LogP) is 0.0954. The lowest BCUT2D eigenvalue weighted by atomic mass is 10.2. The summed E-state index contributed by atoms with van der Waals surface area (Å²) in [6.07, 6.45) is -0.627. The largest absolute Gasteiger partial charge is 0.392 e. The van der Waals surface area contributed by atoms with E-state index in [1.54, 1.807) is 13.8 Å². The molecule has 1 atom stereocenters. The number of amides is 1. The van der Waals surface area contributed by atoms with E-state index in [9.17, 15) is 13.2 Å². The highest BCUT2D eigenvalue weighted by molar-refractivity contribution is 7.89. The normalized spacial score (nSPS) is 13.0. The fourth-order valence-corrected chi connectivity index (χ4v) is 2.44. The molecule has 1 aromatic carbocycles. The third kappa shape index (κ3) is 4.62. The van der Waals surface area contributed by atoms with Gasteiger partial charge in [-0.3, -0.25) is 4.79 Å². The summed E-state index contributed by atoms with van der Waals surface area (Å²) in [4.78, 5) is 11.8. The van der Waals surface area contributed by atoms with Gasteiger partial charge in [-0.05, 0) is 31.2 Å². The maximum atomic E-state index is 11.7. The van der Waals surface area contributed by atoms with Crippen LogP contribution in [0.25, 0.3) is 0 Å². The standard InChI is InChI=1S/C12H18N2O4S/c1-3-14-19(17,18)11-6-4-10(5-7-11)12(16)13-8-9(2)15/h4-7,9,14-15H,3,8H2,1-2H3,(H,13,16). The van der Waals surface area contributed by atoms with Crippen LogP contribution < -0.4 is 10.0 Å². The van der Waals surface area contributed by atoms with Crippen LogP contribution >= 0.6 is 0 Å². The molecule has 3 N–H and O–H groups in total. The van der Waals surface area contributed by atoms with Crippen molar-refractivity contribution in [2.24, 2.45) is 0 Å². The van der Waals surface area contributed by atoms with Crippen molar-refractivity contribution in [1.82, 2.24) is 10.0 Å². The molecule has 0 aromatic heterocycles. The van der Waals surface area contributed by atoms with Gasteiger partial charge in [0.2, 0.25) is 10.0 Å². The van der Waals surface area contributed by atoms with E-state index in [4.69, 9.17) is 5.11 Å². The Kier molecular flexibility index (Phi) is 5.46. The molecule has 1 amide bonds. The molecule has 0 aliphatic carbocycles. The maximum absolute atomic E-state index is 11.7. The number of aliphatic hydroxyl groups excluding tert-OH is 1. The summed E-state index contributed by atoms with van der Waals surface area (Å²) in [5.74, 6) is -0.353. The average molecular weight is 286 g/mol. The van der Waals surface area contributed by atoms with Crippen molar-refractivity contribution in [2.75, 3.05) is 13.1 Å². The number of sulfonamides is 1. The highest BCUT2D eigenvalue weighted by Gasteiger charge is 2.13. The number of aliphatic hydroxyl groups is 1. The van der Waals surface area contributed by atoms with Gasteiger partial charge in [0.1, 0.15) is 0 Å². The summed E-state index contributed by atoms with van der Waals surface area (Å²) in [6.45, 7) is 3.71. The van der Waals surface area contributed by atoms with E-state index in [0.717, 1.165) is 0 Å². The Morgan fingerprint density at radius 3 is 2.37 bits per heavy atom. The molecule has 0 saturated heterocycles. The second-order valence-corrected chi connectivity index (χ2v) is 5.85. The quantitative estimate of drug-likeness (QED) is 0.691. The summed E-state index contributed by atoms with van der Waals surface area (Å²) >= 11 is 0. The van der Waals surface area contributed by atoms with Gasteiger partial charge < -0.3 is 10.4 Å². The molecule has 0 aliphatic rings. The number of benzene rings is 1. The molecule has 6 nitrogen and oxygen atoms in total. The first-order valence-electron chi connectivity index (χ1n) is 5.93. The van der Waals surface area contributed by atoms with Crippen molar-refractivity contribution in [3.63, 3.8) is 0 Å². The van der Waals surface area contributed by atoms with Crippen LogP contribution in [-0.4, -0.2) is 38.6 Å². The van der Waals surface area contributed by atoms with Crippen LogP contribution in [0.1, 0.15) is 24.2 Å². The Hall–Kier alpha value is -1.44. The molecule has 0 heterocycles. The molecular formula is C12H18N2O4S.